The summed E-state index contributed by atoms with van der Waals surface area (Å²) in [6, 6.07) is 9.91. The molecule has 1 unspecified atom stereocenters. The number of H-pyrrole nitrogens is 1. The van der Waals surface area contributed by atoms with E-state index in [9.17, 15) is 8.78 Å². The van der Waals surface area contributed by atoms with Gasteiger partial charge in [-0.1, -0.05) is 30.3 Å². The van der Waals surface area contributed by atoms with Crippen molar-refractivity contribution in [2.24, 2.45) is 5.92 Å². The Morgan fingerprint density at radius 2 is 2.13 bits per heavy atom. The number of nitrogens with one attached hydrogen (secondary N) is 1. The molecule has 124 valence electrons. The number of halogens is 2. The molecule has 1 aromatic heterocycles. The third-order valence-corrected chi connectivity index (χ3v) is 4.38. The molecule has 2 aromatic rings. The zero-order valence-corrected chi connectivity index (χ0v) is 13.1. The van der Waals surface area contributed by atoms with Crippen LogP contribution in [0.15, 0.2) is 36.5 Å². The zero-order valence-electron chi connectivity index (χ0n) is 13.1. The maximum absolute atomic E-state index is 13.9. The van der Waals surface area contributed by atoms with E-state index in [-0.39, 0.29) is 13.0 Å². The lowest BCUT2D eigenvalue weighted by molar-refractivity contribution is -0.125. The molecular weight excluding hydrogens is 300 g/mol. The fourth-order valence-electron chi connectivity index (χ4n) is 3.09. The minimum absolute atomic E-state index is 0.0838. The number of aromatic amines is 1. The normalized spacial score (nSPS) is 21.4. The lowest BCUT2D eigenvalue weighted by Crippen LogP contribution is -2.48. The molecule has 0 radical (unpaired) electrons. The number of hydrogen-bond acceptors (Lipinski definition) is 3. The Hall–Kier alpha value is -1.79. The number of likely N-dealkylation sites (tertiary alicyclic amines) is 1. The Kier molecular flexibility index (Phi) is 4.73. The molecule has 6 heteroatoms. The number of hydrogen-bond donors (Lipinski definition) is 1. The van der Waals surface area contributed by atoms with Crippen molar-refractivity contribution in [3.05, 3.63) is 42.1 Å². The Bertz CT molecular complexity index is 630. The van der Waals surface area contributed by atoms with Crippen molar-refractivity contribution in [3.63, 3.8) is 0 Å². The molecule has 1 N–H and O–H groups in total. The number of aromatic nitrogens is 2. The van der Waals surface area contributed by atoms with Gasteiger partial charge in [-0.3, -0.25) is 10.00 Å². The van der Waals surface area contributed by atoms with Gasteiger partial charge in [0.2, 0.25) is 0 Å². The fourth-order valence-corrected chi connectivity index (χ4v) is 3.09. The summed E-state index contributed by atoms with van der Waals surface area (Å²) in [6.45, 7) is 1.41. The smallest absolute Gasteiger partial charge is 0.255 e. The van der Waals surface area contributed by atoms with E-state index in [2.05, 4.69) is 15.1 Å². The highest BCUT2D eigenvalue weighted by molar-refractivity contribution is 5.62. The van der Waals surface area contributed by atoms with Crippen LogP contribution in [-0.4, -0.2) is 47.8 Å². The van der Waals surface area contributed by atoms with Gasteiger partial charge in [0.25, 0.3) is 5.92 Å². The van der Waals surface area contributed by atoms with Crippen molar-refractivity contribution in [2.45, 2.75) is 18.9 Å². The summed E-state index contributed by atoms with van der Waals surface area (Å²) in [6.07, 6.45) is 1.65. The van der Waals surface area contributed by atoms with Crippen LogP contribution in [-0.2, 0) is 11.3 Å². The van der Waals surface area contributed by atoms with Crippen LogP contribution in [0.1, 0.15) is 12.0 Å². The zero-order chi connectivity index (χ0) is 16.3. The Morgan fingerprint density at radius 1 is 1.35 bits per heavy atom. The van der Waals surface area contributed by atoms with Gasteiger partial charge in [0.1, 0.15) is 0 Å². The standard InChI is InChI=1S/C17H21F2N3O/c1-23-12-15-11-22(8-7-17(15,18)19)10-14-9-20-21-16(14)13-5-3-2-4-6-13/h2-6,9,15H,7-8,10-12H2,1H3,(H,20,21). The predicted octanol–water partition coefficient (Wildman–Crippen LogP) is 3.18. The molecule has 0 aliphatic carbocycles. The number of piperidine rings is 1. The van der Waals surface area contributed by atoms with Crippen LogP contribution in [0, 0.1) is 5.92 Å². The number of benzene rings is 1. The summed E-state index contributed by atoms with van der Waals surface area (Å²) in [4.78, 5) is 2.05. The molecule has 1 aliphatic heterocycles. The molecule has 1 fully saturated rings. The van der Waals surface area contributed by atoms with E-state index in [4.69, 9.17) is 4.74 Å². The van der Waals surface area contributed by atoms with Gasteiger partial charge < -0.3 is 4.74 Å². The SMILES string of the molecule is COCC1CN(Cc2cn[nH]c2-c2ccccc2)CCC1(F)F. The molecule has 4 nitrogen and oxygen atoms in total. The third kappa shape index (κ3) is 3.59. The number of methoxy groups -OCH3 is 1. The maximum Gasteiger partial charge on any atom is 0.255 e. The quantitative estimate of drug-likeness (QED) is 0.919. The Balaban J connectivity index is 1.72. The van der Waals surface area contributed by atoms with Crippen molar-refractivity contribution < 1.29 is 13.5 Å². The first-order valence-electron chi connectivity index (χ1n) is 7.77. The summed E-state index contributed by atoms with van der Waals surface area (Å²) in [5.41, 5.74) is 3.03. The van der Waals surface area contributed by atoms with Crippen molar-refractivity contribution in [2.75, 3.05) is 26.8 Å². The second-order valence-electron chi connectivity index (χ2n) is 6.03. The minimum Gasteiger partial charge on any atom is -0.384 e. The molecule has 1 aromatic carbocycles. The van der Waals surface area contributed by atoms with Crippen LogP contribution in [0.2, 0.25) is 0 Å². The lowest BCUT2D eigenvalue weighted by Gasteiger charge is -2.38. The molecule has 1 atom stereocenters. The first kappa shape index (κ1) is 16.1. The molecular formula is C17H21F2N3O. The number of alkyl halides is 2. The van der Waals surface area contributed by atoms with Crippen molar-refractivity contribution in [1.82, 2.24) is 15.1 Å². The van der Waals surface area contributed by atoms with Crippen LogP contribution in [0.4, 0.5) is 8.78 Å². The average Bonchev–Trinajstić information content (AvgIpc) is 3.00. The van der Waals surface area contributed by atoms with Crippen molar-refractivity contribution in [1.29, 1.82) is 0 Å². The van der Waals surface area contributed by atoms with Crippen LogP contribution in [0.5, 0.6) is 0 Å². The summed E-state index contributed by atoms with van der Waals surface area (Å²) in [7, 11) is 1.47. The van der Waals surface area contributed by atoms with Crippen LogP contribution < -0.4 is 0 Å². The topological polar surface area (TPSA) is 41.1 Å². The summed E-state index contributed by atoms with van der Waals surface area (Å²) in [5.74, 6) is -3.40. The lowest BCUT2D eigenvalue weighted by atomic mass is 9.93. The monoisotopic (exact) mass is 321 g/mol. The van der Waals surface area contributed by atoms with E-state index in [1.807, 2.05) is 30.3 Å². The molecule has 2 heterocycles. The van der Waals surface area contributed by atoms with Crippen molar-refractivity contribution in [3.8, 4) is 11.3 Å². The van der Waals surface area contributed by atoms with Gasteiger partial charge in [-0.15, -0.1) is 0 Å². The largest absolute Gasteiger partial charge is 0.384 e. The number of ether oxygens (including phenoxy) is 1. The summed E-state index contributed by atoms with van der Waals surface area (Å²) >= 11 is 0. The first-order valence-corrected chi connectivity index (χ1v) is 7.77. The van der Waals surface area contributed by atoms with Crippen molar-refractivity contribution >= 4 is 0 Å². The number of rotatable bonds is 5. The highest BCUT2D eigenvalue weighted by Gasteiger charge is 2.43. The highest BCUT2D eigenvalue weighted by Crippen LogP contribution is 2.34. The molecule has 0 saturated carbocycles. The highest BCUT2D eigenvalue weighted by atomic mass is 19.3. The maximum atomic E-state index is 13.9. The molecule has 0 bridgehead atoms. The molecule has 0 spiro atoms. The van der Waals surface area contributed by atoms with E-state index < -0.39 is 11.8 Å². The Morgan fingerprint density at radius 3 is 2.87 bits per heavy atom. The second kappa shape index (κ2) is 6.76. The van der Waals surface area contributed by atoms with Gasteiger partial charge in [-0.25, -0.2) is 8.78 Å². The average molecular weight is 321 g/mol. The molecule has 0 amide bonds. The number of nitrogens with zero attached hydrogens (tertiary/aromatic N) is 2. The molecule has 1 aliphatic rings. The van der Waals surface area contributed by atoms with E-state index >= 15 is 0 Å². The van der Waals surface area contributed by atoms with Crippen LogP contribution in [0.25, 0.3) is 11.3 Å². The molecule has 3 rings (SSSR count). The van der Waals surface area contributed by atoms with Crippen LogP contribution >= 0.6 is 0 Å². The summed E-state index contributed by atoms with van der Waals surface area (Å²) in [5, 5.41) is 7.14. The Labute approximate surface area is 134 Å². The van der Waals surface area contributed by atoms with Gasteiger partial charge >= 0.3 is 0 Å². The molecule has 23 heavy (non-hydrogen) atoms. The first-order chi connectivity index (χ1) is 11.1. The van der Waals surface area contributed by atoms with E-state index in [1.54, 1.807) is 6.20 Å². The fraction of sp³-hybridized carbons (Fsp3) is 0.471. The summed E-state index contributed by atoms with van der Waals surface area (Å²) < 4.78 is 32.8. The van der Waals surface area contributed by atoms with E-state index in [1.165, 1.54) is 7.11 Å². The van der Waals surface area contributed by atoms with E-state index in [0.717, 1.165) is 16.8 Å². The van der Waals surface area contributed by atoms with Gasteiger partial charge in [0.05, 0.1) is 24.4 Å². The van der Waals surface area contributed by atoms with Crippen LogP contribution in [0.3, 0.4) is 0 Å². The van der Waals surface area contributed by atoms with Gasteiger partial charge in [0, 0.05) is 38.7 Å². The minimum atomic E-state index is -2.65. The van der Waals surface area contributed by atoms with E-state index in [0.29, 0.717) is 19.6 Å². The van der Waals surface area contributed by atoms with Gasteiger partial charge in [-0.05, 0) is 5.56 Å². The third-order valence-electron chi connectivity index (χ3n) is 4.38. The second-order valence-corrected chi connectivity index (χ2v) is 6.03. The predicted molar refractivity (Wildman–Crippen MR) is 84.2 cm³/mol. The van der Waals surface area contributed by atoms with Gasteiger partial charge in [-0.2, -0.15) is 5.10 Å². The molecule has 1 saturated heterocycles. The van der Waals surface area contributed by atoms with Gasteiger partial charge in [0.15, 0.2) is 0 Å².